The quantitative estimate of drug-likeness (QED) is 0.448. The molecule has 0 aliphatic heterocycles. The first-order chi connectivity index (χ1) is 7.27. The first-order valence-corrected chi connectivity index (χ1v) is 4.99. The van der Waals surface area contributed by atoms with Gasteiger partial charge in [-0.25, -0.2) is 0 Å². The van der Waals surface area contributed by atoms with Crippen LogP contribution in [0.1, 0.15) is 30.0 Å². The van der Waals surface area contributed by atoms with Crippen LogP contribution in [0.3, 0.4) is 0 Å². The highest BCUT2D eigenvalue weighted by Gasteiger charge is 2.08. The number of hydrogen-bond donors (Lipinski definition) is 1. The van der Waals surface area contributed by atoms with Crippen molar-refractivity contribution in [1.29, 1.82) is 0 Å². The summed E-state index contributed by atoms with van der Waals surface area (Å²) in [5.74, 6) is 0. The van der Waals surface area contributed by atoms with E-state index in [2.05, 4.69) is 10.0 Å². The lowest BCUT2D eigenvalue weighted by atomic mass is 10.0. The fraction of sp³-hybridized carbons (Fsp3) is 0.455. The number of azide groups is 1. The van der Waals surface area contributed by atoms with E-state index in [1.807, 2.05) is 31.2 Å². The summed E-state index contributed by atoms with van der Waals surface area (Å²) < 4.78 is 0. The van der Waals surface area contributed by atoms with Crippen molar-refractivity contribution in [1.82, 2.24) is 0 Å². The van der Waals surface area contributed by atoms with Gasteiger partial charge >= 0.3 is 0 Å². The van der Waals surface area contributed by atoms with E-state index >= 15 is 0 Å². The monoisotopic (exact) mass is 205 g/mol. The molecule has 0 saturated carbocycles. The van der Waals surface area contributed by atoms with Gasteiger partial charge in [0.2, 0.25) is 0 Å². The minimum atomic E-state index is -0.164. The van der Waals surface area contributed by atoms with E-state index in [-0.39, 0.29) is 12.6 Å². The van der Waals surface area contributed by atoms with Gasteiger partial charge in [-0.15, -0.1) is 0 Å². The van der Waals surface area contributed by atoms with Crippen molar-refractivity contribution in [3.63, 3.8) is 0 Å². The molecular weight excluding hydrogens is 190 g/mol. The molecule has 0 radical (unpaired) electrons. The molecule has 4 nitrogen and oxygen atoms in total. The van der Waals surface area contributed by atoms with Crippen molar-refractivity contribution in [3.05, 3.63) is 45.8 Å². The average molecular weight is 205 g/mol. The Morgan fingerprint density at radius 1 is 1.40 bits per heavy atom. The zero-order valence-electron chi connectivity index (χ0n) is 8.80. The number of benzene rings is 1. The maximum Gasteiger partial charge on any atom is 0.0626 e. The second-order valence-electron chi connectivity index (χ2n) is 3.50. The van der Waals surface area contributed by atoms with Gasteiger partial charge in [-0.05, 0) is 30.9 Å². The molecule has 0 aliphatic carbocycles. The van der Waals surface area contributed by atoms with Gasteiger partial charge in [0.15, 0.2) is 0 Å². The summed E-state index contributed by atoms with van der Waals surface area (Å²) in [6.45, 7) is 2.14. The maximum atomic E-state index is 8.74. The van der Waals surface area contributed by atoms with Crippen LogP contribution in [-0.2, 0) is 0 Å². The Kier molecular flexibility index (Phi) is 4.68. The van der Waals surface area contributed by atoms with Crippen LogP contribution >= 0.6 is 0 Å². The third-order valence-electron chi connectivity index (χ3n) is 2.29. The van der Waals surface area contributed by atoms with E-state index in [4.69, 9.17) is 10.6 Å². The minimum absolute atomic E-state index is 0.128. The fourth-order valence-electron chi connectivity index (χ4n) is 1.43. The molecule has 0 aliphatic rings. The standard InChI is InChI=1S/C11H15N3O/c1-9-4-6-10(7-5-9)11(13-14-12)3-2-8-15/h4-7,11,15H,2-3,8H2,1H3. The lowest BCUT2D eigenvalue weighted by molar-refractivity contribution is 0.280. The highest BCUT2D eigenvalue weighted by molar-refractivity contribution is 5.24. The molecule has 15 heavy (non-hydrogen) atoms. The minimum Gasteiger partial charge on any atom is -0.396 e. The Labute approximate surface area is 89.2 Å². The Morgan fingerprint density at radius 2 is 2.07 bits per heavy atom. The van der Waals surface area contributed by atoms with E-state index in [0.29, 0.717) is 12.8 Å². The van der Waals surface area contributed by atoms with Crippen LogP contribution in [0.15, 0.2) is 29.4 Å². The van der Waals surface area contributed by atoms with Gasteiger partial charge in [-0.2, -0.15) is 0 Å². The molecule has 0 saturated heterocycles. The molecule has 0 amide bonds. The molecule has 1 N–H and O–H groups in total. The van der Waals surface area contributed by atoms with Gasteiger partial charge in [0, 0.05) is 11.5 Å². The number of hydrogen-bond acceptors (Lipinski definition) is 2. The topological polar surface area (TPSA) is 69.0 Å². The molecule has 1 rings (SSSR count). The van der Waals surface area contributed by atoms with E-state index < -0.39 is 0 Å². The predicted molar refractivity (Wildman–Crippen MR) is 59.4 cm³/mol. The van der Waals surface area contributed by atoms with Crippen LogP contribution in [0.2, 0.25) is 0 Å². The molecule has 4 heteroatoms. The third kappa shape index (κ3) is 3.62. The second-order valence-corrected chi connectivity index (χ2v) is 3.50. The summed E-state index contributed by atoms with van der Waals surface area (Å²) in [5, 5.41) is 12.5. The number of rotatable bonds is 5. The second kappa shape index (κ2) is 6.06. The van der Waals surface area contributed by atoms with Crippen molar-refractivity contribution in [3.8, 4) is 0 Å². The van der Waals surface area contributed by atoms with Gasteiger partial charge in [0.25, 0.3) is 0 Å². The Bertz CT molecular complexity index is 341. The largest absolute Gasteiger partial charge is 0.396 e. The van der Waals surface area contributed by atoms with E-state index in [0.717, 1.165) is 5.56 Å². The van der Waals surface area contributed by atoms with Crippen molar-refractivity contribution >= 4 is 0 Å². The maximum absolute atomic E-state index is 8.74. The number of aliphatic hydroxyl groups is 1. The lowest BCUT2D eigenvalue weighted by Gasteiger charge is -2.10. The predicted octanol–water partition coefficient (Wildman–Crippen LogP) is 3.12. The van der Waals surface area contributed by atoms with Crippen molar-refractivity contribution in [2.45, 2.75) is 25.8 Å². The van der Waals surface area contributed by atoms with Crippen LogP contribution in [0.25, 0.3) is 10.4 Å². The van der Waals surface area contributed by atoms with Gasteiger partial charge < -0.3 is 5.11 Å². The van der Waals surface area contributed by atoms with Crippen molar-refractivity contribution in [2.75, 3.05) is 6.61 Å². The Hall–Kier alpha value is -1.51. The summed E-state index contributed by atoms with van der Waals surface area (Å²) in [4.78, 5) is 2.83. The van der Waals surface area contributed by atoms with Crippen molar-refractivity contribution < 1.29 is 5.11 Å². The molecule has 0 fully saturated rings. The average Bonchev–Trinajstić information content (AvgIpc) is 2.25. The van der Waals surface area contributed by atoms with Gasteiger partial charge in [0.1, 0.15) is 0 Å². The smallest absolute Gasteiger partial charge is 0.0626 e. The third-order valence-corrected chi connectivity index (χ3v) is 2.29. The van der Waals surface area contributed by atoms with Crippen LogP contribution in [0.5, 0.6) is 0 Å². The Balaban J connectivity index is 2.78. The Morgan fingerprint density at radius 3 is 2.60 bits per heavy atom. The fourth-order valence-corrected chi connectivity index (χ4v) is 1.43. The highest BCUT2D eigenvalue weighted by Crippen LogP contribution is 2.23. The van der Waals surface area contributed by atoms with E-state index in [1.54, 1.807) is 0 Å². The molecule has 0 bridgehead atoms. The van der Waals surface area contributed by atoms with Crippen molar-refractivity contribution in [2.24, 2.45) is 5.11 Å². The molecule has 0 aromatic heterocycles. The van der Waals surface area contributed by atoms with Crippen LogP contribution < -0.4 is 0 Å². The van der Waals surface area contributed by atoms with Crippen LogP contribution in [-0.4, -0.2) is 11.7 Å². The number of aryl methyl sites for hydroxylation is 1. The lowest BCUT2D eigenvalue weighted by Crippen LogP contribution is -1.96. The first-order valence-electron chi connectivity index (χ1n) is 4.99. The molecule has 1 aromatic carbocycles. The molecule has 80 valence electrons. The molecular formula is C11H15N3O. The summed E-state index contributed by atoms with van der Waals surface area (Å²) in [6.07, 6.45) is 1.33. The normalized spacial score (nSPS) is 11.9. The van der Waals surface area contributed by atoms with Crippen LogP contribution in [0.4, 0.5) is 0 Å². The van der Waals surface area contributed by atoms with Gasteiger partial charge in [-0.3, -0.25) is 0 Å². The molecule has 1 atom stereocenters. The molecule has 1 unspecified atom stereocenters. The molecule has 0 spiro atoms. The van der Waals surface area contributed by atoms with Crippen LogP contribution in [0, 0.1) is 6.92 Å². The summed E-state index contributed by atoms with van der Waals surface area (Å²) >= 11 is 0. The highest BCUT2D eigenvalue weighted by atomic mass is 16.2. The number of nitrogens with zero attached hydrogens (tertiary/aromatic N) is 3. The van der Waals surface area contributed by atoms with E-state index in [1.165, 1.54) is 5.56 Å². The SMILES string of the molecule is Cc1ccc(C(CCCO)N=[N+]=[N-])cc1. The zero-order valence-corrected chi connectivity index (χ0v) is 8.80. The van der Waals surface area contributed by atoms with Gasteiger partial charge in [-0.1, -0.05) is 34.9 Å². The summed E-state index contributed by atoms with van der Waals surface area (Å²) in [6, 6.07) is 7.75. The first kappa shape index (κ1) is 11.6. The molecule has 1 aromatic rings. The summed E-state index contributed by atoms with van der Waals surface area (Å²) in [7, 11) is 0. The molecule has 0 heterocycles. The zero-order chi connectivity index (χ0) is 11.1. The van der Waals surface area contributed by atoms with E-state index in [9.17, 15) is 0 Å². The number of aliphatic hydroxyl groups excluding tert-OH is 1. The van der Waals surface area contributed by atoms with Gasteiger partial charge in [0.05, 0.1) is 6.04 Å². The summed E-state index contributed by atoms with van der Waals surface area (Å²) in [5.41, 5.74) is 10.6.